The summed E-state index contributed by atoms with van der Waals surface area (Å²) < 4.78 is 24.3. The number of rotatable bonds is 5. The monoisotopic (exact) mass is 354 g/mol. The quantitative estimate of drug-likeness (QED) is 0.497. The summed E-state index contributed by atoms with van der Waals surface area (Å²) in [4.78, 5) is 8.37. The van der Waals surface area contributed by atoms with Crippen molar-refractivity contribution in [2.24, 2.45) is 0 Å². The van der Waals surface area contributed by atoms with Gasteiger partial charge in [-0.2, -0.15) is 0 Å². The third kappa shape index (κ3) is 3.58. The molecule has 0 aliphatic heterocycles. The van der Waals surface area contributed by atoms with Gasteiger partial charge in [-0.3, -0.25) is 4.98 Å². The molecular formula is C17H11FN4O2S. The van der Waals surface area contributed by atoms with Crippen LogP contribution in [0.5, 0.6) is 0 Å². The van der Waals surface area contributed by atoms with Crippen LogP contribution in [0.1, 0.15) is 5.69 Å². The highest BCUT2D eigenvalue weighted by atomic mass is 32.2. The summed E-state index contributed by atoms with van der Waals surface area (Å²) in [5.41, 5.74) is 2.05. The molecule has 3 aromatic heterocycles. The van der Waals surface area contributed by atoms with E-state index in [0.29, 0.717) is 34.0 Å². The Morgan fingerprint density at radius 2 is 1.96 bits per heavy atom. The minimum absolute atomic E-state index is 0.333. The van der Waals surface area contributed by atoms with Crippen LogP contribution in [0.2, 0.25) is 0 Å². The van der Waals surface area contributed by atoms with E-state index < -0.39 is 0 Å². The summed E-state index contributed by atoms with van der Waals surface area (Å²) in [6.45, 7) is 0. The average Bonchev–Trinajstić information content (AvgIpc) is 3.30. The smallest absolute Gasteiger partial charge is 0.277 e. The van der Waals surface area contributed by atoms with Crippen LogP contribution in [0, 0.1) is 5.82 Å². The number of halogens is 1. The Hall–Kier alpha value is -3.00. The van der Waals surface area contributed by atoms with Gasteiger partial charge >= 0.3 is 0 Å². The van der Waals surface area contributed by atoms with Crippen molar-refractivity contribution in [1.82, 2.24) is 20.2 Å². The van der Waals surface area contributed by atoms with Crippen molar-refractivity contribution in [2.45, 2.75) is 11.0 Å². The molecule has 0 unspecified atom stereocenters. The fraction of sp³-hybridized carbons (Fsp3) is 0.0588. The molecule has 0 fully saturated rings. The summed E-state index contributed by atoms with van der Waals surface area (Å²) in [7, 11) is 0. The van der Waals surface area contributed by atoms with Gasteiger partial charge in [-0.25, -0.2) is 9.37 Å². The van der Waals surface area contributed by atoms with E-state index in [2.05, 4.69) is 20.2 Å². The Bertz CT molecular complexity index is 987. The van der Waals surface area contributed by atoms with Crippen LogP contribution >= 0.6 is 11.8 Å². The average molecular weight is 354 g/mol. The summed E-state index contributed by atoms with van der Waals surface area (Å²) >= 11 is 1.34. The van der Waals surface area contributed by atoms with Crippen LogP contribution in [-0.4, -0.2) is 20.2 Å². The van der Waals surface area contributed by atoms with E-state index in [4.69, 9.17) is 8.83 Å². The highest BCUT2D eigenvalue weighted by Gasteiger charge is 2.12. The number of pyridine rings is 1. The van der Waals surface area contributed by atoms with Gasteiger partial charge in [0.1, 0.15) is 12.1 Å². The summed E-state index contributed by atoms with van der Waals surface area (Å²) in [5, 5.41) is 8.42. The fourth-order valence-electron chi connectivity index (χ4n) is 2.14. The lowest BCUT2D eigenvalue weighted by atomic mass is 10.2. The van der Waals surface area contributed by atoms with Crippen molar-refractivity contribution in [3.63, 3.8) is 0 Å². The Morgan fingerprint density at radius 3 is 2.80 bits per heavy atom. The molecule has 4 aromatic rings. The first-order valence-electron chi connectivity index (χ1n) is 7.35. The van der Waals surface area contributed by atoms with Crippen molar-refractivity contribution >= 4 is 11.8 Å². The van der Waals surface area contributed by atoms with E-state index in [1.165, 1.54) is 30.2 Å². The number of hydrogen-bond donors (Lipinski definition) is 0. The number of benzene rings is 1. The van der Waals surface area contributed by atoms with Gasteiger partial charge in [0, 0.05) is 23.7 Å². The fourth-order valence-corrected chi connectivity index (χ4v) is 2.78. The largest absolute Gasteiger partial charge is 0.444 e. The van der Waals surface area contributed by atoms with Gasteiger partial charge in [-0.15, -0.1) is 10.2 Å². The topological polar surface area (TPSA) is 77.8 Å². The molecule has 4 rings (SSSR count). The maximum Gasteiger partial charge on any atom is 0.277 e. The number of thioether (sulfide) groups is 1. The van der Waals surface area contributed by atoms with E-state index in [1.54, 1.807) is 30.6 Å². The third-order valence-electron chi connectivity index (χ3n) is 3.28. The molecule has 0 saturated carbocycles. The SMILES string of the molecule is Fc1cccc(-c2nc(CSc3nnc(-c4cccnc4)o3)co2)c1. The second-order valence-electron chi connectivity index (χ2n) is 5.06. The molecule has 124 valence electrons. The summed E-state index contributed by atoms with van der Waals surface area (Å²) in [5.74, 6) is 0.946. The van der Waals surface area contributed by atoms with Crippen molar-refractivity contribution in [2.75, 3.05) is 0 Å². The molecule has 0 aliphatic rings. The molecule has 0 saturated heterocycles. The molecule has 1 aromatic carbocycles. The highest BCUT2D eigenvalue weighted by molar-refractivity contribution is 7.98. The Morgan fingerprint density at radius 1 is 1.04 bits per heavy atom. The second-order valence-corrected chi connectivity index (χ2v) is 5.98. The van der Waals surface area contributed by atoms with E-state index in [1.807, 2.05) is 6.07 Å². The van der Waals surface area contributed by atoms with Crippen LogP contribution in [0.3, 0.4) is 0 Å². The van der Waals surface area contributed by atoms with Crippen molar-refractivity contribution in [1.29, 1.82) is 0 Å². The van der Waals surface area contributed by atoms with Crippen LogP contribution in [-0.2, 0) is 5.75 Å². The van der Waals surface area contributed by atoms with E-state index in [0.717, 1.165) is 5.56 Å². The van der Waals surface area contributed by atoms with Crippen molar-refractivity contribution in [3.8, 4) is 22.9 Å². The van der Waals surface area contributed by atoms with Gasteiger partial charge in [0.15, 0.2) is 0 Å². The molecule has 8 heteroatoms. The van der Waals surface area contributed by atoms with Gasteiger partial charge in [-0.05, 0) is 30.3 Å². The van der Waals surface area contributed by atoms with Crippen molar-refractivity contribution < 1.29 is 13.2 Å². The maximum absolute atomic E-state index is 13.3. The van der Waals surface area contributed by atoms with Crippen LogP contribution in [0.4, 0.5) is 4.39 Å². The highest BCUT2D eigenvalue weighted by Crippen LogP contribution is 2.26. The predicted octanol–water partition coefficient (Wildman–Crippen LogP) is 4.22. The molecule has 3 heterocycles. The zero-order chi connectivity index (χ0) is 17.1. The lowest BCUT2D eigenvalue weighted by Crippen LogP contribution is -1.83. The lowest BCUT2D eigenvalue weighted by Gasteiger charge is -1.94. The van der Waals surface area contributed by atoms with Gasteiger partial charge in [0.05, 0.1) is 11.3 Å². The molecule has 6 nitrogen and oxygen atoms in total. The minimum Gasteiger partial charge on any atom is -0.444 e. The zero-order valence-electron chi connectivity index (χ0n) is 12.8. The first kappa shape index (κ1) is 15.5. The minimum atomic E-state index is -0.333. The Labute approximate surface area is 146 Å². The molecule has 0 N–H and O–H groups in total. The van der Waals surface area contributed by atoms with Crippen LogP contribution < -0.4 is 0 Å². The Kier molecular flexibility index (Phi) is 4.26. The standard InChI is InChI=1S/C17H11FN4O2S/c18-13-5-1-3-11(7-13)15-20-14(9-23-15)10-25-17-22-21-16(24-17)12-4-2-6-19-8-12/h1-9H,10H2. The number of hydrogen-bond acceptors (Lipinski definition) is 7. The summed E-state index contributed by atoms with van der Waals surface area (Å²) in [6.07, 6.45) is 4.87. The number of oxazole rings is 1. The molecule has 0 bridgehead atoms. The predicted molar refractivity (Wildman–Crippen MR) is 89.0 cm³/mol. The zero-order valence-corrected chi connectivity index (χ0v) is 13.6. The molecule has 0 amide bonds. The van der Waals surface area contributed by atoms with Gasteiger partial charge < -0.3 is 8.83 Å². The van der Waals surface area contributed by atoms with E-state index in [-0.39, 0.29) is 5.82 Å². The summed E-state index contributed by atoms with van der Waals surface area (Å²) in [6, 6.07) is 9.75. The third-order valence-corrected chi connectivity index (χ3v) is 4.13. The van der Waals surface area contributed by atoms with Crippen LogP contribution in [0.15, 0.2) is 69.1 Å². The molecule has 0 radical (unpaired) electrons. The second kappa shape index (κ2) is 6.86. The van der Waals surface area contributed by atoms with Gasteiger partial charge in [0.25, 0.3) is 5.22 Å². The normalized spacial score (nSPS) is 10.9. The van der Waals surface area contributed by atoms with Gasteiger partial charge in [0.2, 0.25) is 11.8 Å². The number of aromatic nitrogens is 4. The molecule has 25 heavy (non-hydrogen) atoms. The van der Waals surface area contributed by atoms with Crippen LogP contribution in [0.25, 0.3) is 22.9 Å². The van der Waals surface area contributed by atoms with Gasteiger partial charge in [-0.1, -0.05) is 17.8 Å². The van der Waals surface area contributed by atoms with E-state index >= 15 is 0 Å². The lowest BCUT2D eigenvalue weighted by molar-refractivity contribution is 0.465. The first-order valence-corrected chi connectivity index (χ1v) is 8.33. The number of nitrogens with zero attached hydrogens (tertiary/aromatic N) is 4. The molecular weight excluding hydrogens is 343 g/mol. The van der Waals surface area contributed by atoms with Crippen molar-refractivity contribution in [3.05, 3.63) is 66.6 Å². The Balaban J connectivity index is 1.43. The molecule has 0 spiro atoms. The first-order chi connectivity index (χ1) is 12.3. The maximum atomic E-state index is 13.3. The molecule has 0 atom stereocenters. The van der Waals surface area contributed by atoms with E-state index in [9.17, 15) is 4.39 Å². The molecule has 0 aliphatic carbocycles.